The standard InChI is InChI=1S/C16H16ClN3/c1-11-5-6-15-13(8-11)19-16(9-17)20(15)10-14-12(2)4-3-7-18-14/h3-8H,9-10H2,1-2H3. The molecule has 1 aromatic carbocycles. The van der Waals surface area contributed by atoms with Crippen LogP contribution in [0.2, 0.25) is 0 Å². The fourth-order valence-corrected chi connectivity index (χ4v) is 2.61. The molecule has 0 amide bonds. The normalized spacial score (nSPS) is 11.2. The van der Waals surface area contributed by atoms with E-state index in [1.54, 1.807) is 0 Å². The second kappa shape index (κ2) is 5.25. The predicted molar refractivity (Wildman–Crippen MR) is 82.1 cm³/mol. The molecule has 0 saturated carbocycles. The van der Waals surface area contributed by atoms with Crippen molar-refractivity contribution in [3.63, 3.8) is 0 Å². The highest BCUT2D eigenvalue weighted by atomic mass is 35.5. The molecule has 0 N–H and O–H groups in total. The topological polar surface area (TPSA) is 30.7 Å². The van der Waals surface area contributed by atoms with E-state index in [0.29, 0.717) is 12.4 Å². The minimum Gasteiger partial charge on any atom is -0.321 e. The SMILES string of the molecule is Cc1ccc2c(c1)nc(CCl)n2Cc1ncccc1C. The van der Waals surface area contributed by atoms with E-state index < -0.39 is 0 Å². The molecule has 20 heavy (non-hydrogen) atoms. The first-order chi connectivity index (χ1) is 9.69. The molecule has 0 aliphatic heterocycles. The summed E-state index contributed by atoms with van der Waals surface area (Å²) in [6.07, 6.45) is 1.83. The lowest BCUT2D eigenvalue weighted by Gasteiger charge is -2.09. The molecule has 2 aromatic heterocycles. The molecule has 3 rings (SSSR count). The van der Waals surface area contributed by atoms with Crippen LogP contribution in [0.4, 0.5) is 0 Å². The molecule has 3 aromatic rings. The molecule has 3 nitrogen and oxygen atoms in total. The number of alkyl halides is 1. The molecule has 4 heteroatoms. The Bertz CT molecular complexity index is 762. The summed E-state index contributed by atoms with van der Waals surface area (Å²) < 4.78 is 2.15. The number of nitrogens with zero attached hydrogens (tertiary/aromatic N) is 3. The molecule has 0 aliphatic rings. The third-order valence-corrected chi connectivity index (χ3v) is 3.77. The number of aryl methyl sites for hydroxylation is 2. The van der Waals surface area contributed by atoms with Gasteiger partial charge in [-0.2, -0.15) is 0 Å². The molecule has 0 fully saturated rings. The van der Waals surface area contributed by atoms with Gasteiger partial charge >= 0.3 is 0 Å². The Labute approximate surface area is 123 Å². The van der Waals surface area contributed by atoms with Gasteiger partial charge in [0.1, 0.15) is 5.82 Å². The zero-order chi connectivity index (χ0) is 14.1. The molecule has 0 saturated heterocycles. The molecule has 0 bridgehead atoms. The average molecular weight is 286 g/mol. The Kier molecular flexibility index (Phi) is 3.45. The van der Waals surface area contributed by atoms with Crippen LogP contribution in [0.5, 0.6) is 0 Å². The highest BCUT2D eigenvalue weighted by Gasteiger charge is 2.11. The van der Waals surface area contributed by atoms with Crippen LogP contribution in [0, 0.1) is 13.8 Å². The van der Waals surface area contributed by atoms with Crippen LogP contribution >= 0.6 is 11.6 Å². The van der Waals surface area contributed by atoms with Gasteiger partial charge in [-0.15, -0.1) is 11.6 Å². The van der Waals surface area contributed by atoms with Crippen LogP contribution in [0.1, 0.15) is 22.6 Å². The highest BCUT2D eigenvalue weighted by molar-refractivity contribution is 6.16. The van der Waals surface area contributed by atoms with Crippen molar-refractivity contribution < 1.29 is 0 Å². The zero-order valence-electron chi connectivity index (χ0n) is 11.6. The lowest BCUT2D eigenvalue weighted by Crippen LogP contribution is -2.06. The fourth-order valence-electron chi connectivity index (χ4n) is 2.40. The molecule has 102 valence electrons. The second-order valence-corrected chi connectivity index (χ2v) is 5.27. The summed E-state index contributed by atoms with van der Waals surface area (Å²) in [7, 11) is 0. The fraction of sp³-hybridized carbons (Fsp3) is 0.250. The number of hydrogen-bond acceptors (Lipinski definition) is 2. The molecule has 0 aliphatic carbocycles. The number of imidazole rings is 1. The van der Waals surface area contributed by atoms with Gasteiger partial charge in [0.2, 0.25) is 0 Å². The first-order valence-corrected chi connectivity index (χ1v) is 7.14. The van der Waals surface area contributed by atoms with E-state index in [1.165, 1.54) is 11.1 Å². The van der Waals surface area contributed by atoms with E-state index in [0.717, 1.165) is 22.6 Å². The molecule has 0 spiro atoms. The Morgan fingerprint density at radius 1 is 1.20 bits per heavy atom. The highest BCUT2D eigenvalue weighted by Crippen LogP contribution is 2.20. The number of fused-ring (bicyclic) bond motifs is 1. The van der Waals surface area contributed by atoms with Crippen molar-refractivity contribution in [2.75, 3.05) is 0 Å². The van der Waals surface area contributed by atoms with Crippen LogP contribution < -0.4 is 0 Å². The maximum Gasteiger partial charge on any atom is 0.125 e. The Hall–Kier alpha value is -1.87. The van der Waals surface area contributed by atoms with Crippen LogP contribution in [0.25, 0.3) is 11.0 Å². The van der Waals surface area contributed by atoms with Gasteiger partial charge in [0.15, 0.2) is 0 Å². The largest absolute Gasteiger partial charge is 0.321 e. The number of aromatic nitrogens is 3. The second-order valence-electron chi connectivity index (χ2n) is 5.01. The first-order valence-electron chi connectivity index (χ1n) is 6.61. The summed E-state index contributed by atoms with van der Waals surface area (Å²) in [6.45, 7) is 4.85. The van der Waals surface area contributed by atoms with Gasteiger partial charge in [-0.25, -0.2) is 4.98 Å². The van der Waals surface area contributed by atoms with Crippen molar-refractivity contribution in [2.45, 2.75) is 26.3 Å². The average Bonchev–Trinajstić information content (AvgIpc) is 2.78. The third-order valence-electron chi connectivity index (χ3n) is 3.53. The van der Waals surface area contributed by atoms with Crippen LogP contribution in [-0.4, -0.2) is 14.5 Å². The number of pyridine rings is 1. The van der Waals surface area contributed by atoms with Gasteiger partial charge in [0.05, 0.1) is 29.2 Å². The maximum absolute atomic E-state index is 6.05. The van der Waals surface area contributed by atoms with Crippen molar-refractivity contribution in [1.82, 2.24) is 14.5 Å². The summed E-state index contributed by atoms with van der Waals surface area (Å²) in [5.41, 5.74) is 5.54. The van der Waals surface area contributed by atoms with Crippen LogP contribution in [0.15, 0.2) is 36.5 Å². The quantitative estimate of drug-likeness (QED) is 0.685. The van der Waals surface area contributed by atoms with Crippen molar-refractivity contribution >= 4 is 22.6 Å². The number of benzene rings is 1. The summed E-state index contributed by atoms with van der Waals surface area (Å²) >= 11 is 6.05. The zero-order valence-corrected chi connectivity index (χ0v) is 12.4. The Balaban J connectivity index is 2.12. The van der Waals surface area contributed by atoms with Gasteiger partial charge in [-0.3, -0.25) is 4.98 Å². The van der Waals surface area contributed by atoms with Crippen molar-refractivity contribution in [3.05, 3.63) is 59.2 Å². The number of hydrogen-bond donors (Lipinski definition) is 0. The van der Waals surface area contributed by atoms with Crippen molar-refractivity contribution in [1.29, 1.82) is 0 Å². The first kappa shape index (κ1) is 13.1. The molecular weight excluding hydrogens is 270 g/mol. The third kappa shape index (κ3) is 2.29. The minimum absolute atomic E-state index is 0.402. The van der Waals surface area contributed by atoms with E-state index in [2.05, 4.69) is 52.6 Å². The number of halogens is 1. The van der Waals surface area contributed by atoms with Gasteiger partial charge in [0, 0.05) is 6.20 Å². The maximum atomic E-state index is 6.05. The minimum atomic E-state index is 0.402. The lowest BCUT2D eigenvalue weighted by molar-refractivity contribution is 0.752. The van der Waals surface area contributed by atoms with Crippen molar-refractivity contribution in [2.24, 2.45) is 0 Å². The van der Waals surface area contributed by atoms with Gasteiger partial charge < -0.3 is 4.57 Å². The van der Waals surface area contributed by atoms with Gasteiger partial charge in [0.25, 0.3) is 0 Å². The van der Waals surface area contributed by atoms with E-state index in [1.807, 2.05) is 12.3 Å². The molecule has 0 unspecified atom stereocenters. The Morgan fingerprint density at radius 2 is 2.05 bits per heavy atom. The van der Waals surface area contributed by atoms with Crippen LogP contribution in [0.3, 0.4) is 0 Å². The van der Waals surface area contributed by atoms with E-state index in [9.17, 15) is 0 Å². The van der Waals surface area contributed by atoms with Gasteiger partial charge in [-0.1, -0.05) is 12.1 Å². The van der Waals surface area contributed by atoms with E-state index in [-0.39, 0.29) is 0 Å². The molecule has 0 radical (unpaired) electrons. The lowest BCUT2D eigenvalue weighted by atomic mass is 10.2. The summed E-state index contributed by atoms with van der Waals surface area (Å²) in [4.78, 5) is 9.08. The molecule has 0 atom stereocenters. The summed E-state index contributed by atoms with van der Waals surface area (Å²) in [5.74, 6) is 1.29. The molecule has 2 heterocycles. The van der Waals surface area contributed by atoms with Crippen molar-refractivity contribution in [3.8, 4) is 0 Å². The van der Waals surface area contributed by atoms with Gasteiger partial charge in [-0.05, 0) is 43.2 Å². The van der Waals surface area contributed by atoms with E-state index in [4.69, 9.17) is 11.6 Å². The number of rotatable bonds is 3. The Morgan fingerprint density at radius 3 is 2.80 bits per heavy atom. The predicted octanol–water partition coefficient (Wildman–Crippen LogP) is 3.84. The summed E-state index contributed by atoms with van der Waals surface area (Å²) in [5, 5.41) is 0. The molecular formula is C16H16ClN3. The summed E-state index contributed by atoms with van der Waals surface area (Å²) in [6, 6.07) is 10.3. The van der Waals surface area contributed by atoms with E-state index >= 15 is 0 Å². The van der Waals surface area contributed by atoms with Crippen LogP contribution in [-0.2, 0) is 12.4 Å². The smallest absolute Gasteiger partial charge is 0.125 e. The monoisotopic (exact) mass is 285 g/mol.